The van der Waals surface area contributed by atoms with Gasteiger partial charge in [0, 0.05) is 18.7 Å². The van der Waals surface area contributed by atoms with Gasteiger partial charge in [0.1, 0.15) is 0 Å². The fourth-order valence-electron chi connectivity index (χ4n) is 3.00. The highest BCUT2D eigenvalue weighted by Crippen LogP contribution is 2.27. The highest BCUT2D eigenvalue weighted by molar-refractivity contribution is 7.73. The lowest BCUT2D eigenvalue weighted by molar-refractivity contribution is -0.121. The van der Waals surface area contributed by atoms with Gasteiger partial charge in [-0.05, 0) is 48.0 Å². The van der Waals surface area contributed by atoms with Gasteiger partial charge in [-0.3, -0.25) is 20.0 Å². The zero-order valence-corrected chi connectivity index (χ0v) is 19.2. The lowest BCUT2D eigenvalue weighted by Crippen LogP contribution is -2.23. The van der Waals surface area contributed by atoms with Crippen LogP contribution in [0.3, 0.4) is 0 Å². The number of rotatable bonds is 9. The number of nitrogens with one attached hydrogen (secondary N) is 3. The van der Waals surface area contributed by atoms with Crippen molar-refractivity contribution in [2.24, 2.45) is 0 Å². The van der Waals surface area contributed by atoms with E-state index in [4.69, 9.17) is 27.4 Å². The van der Waals surface area contributed by atoms with Crippen molar-refractivity contribution >= 4 is 46.2 Å². The lowest BCUT2D eigenvalue weighted by atomic mass is 10.0. The smallest absolute Gasteiger partial charge is 0.259 e. The van der Waals surface area contributed by atoms with Gasteiger partial charge in [0.2, 0.25) is 11.0 Å². The molecule has 0 bridgehead atoms. The molecule has 1 heterocycles. The van der Waals surface area contributed by atoms with E-state index in [0.717, 1.165) is 16.9 Å². The fourth-order valence-corrected chi connectivity index (χ4v) is 3.79. The molecule has 0 saturated carbocycles. The van der Waals surface area contributed by atoms with Crippen molar-refractivity contribution in [3.63, 3.8) is 0 Å². The molecular formula is C21H23N5O4S2. The number of H-pyrrole nitrogens is 1. The van der Waals surface area contributed by atoms with E-state index >= 15 is 0 Å². The summed E-state index contributed by atoms with van der Waals surface area (Å²) < 4.78 is 11.0. The number of aromatic nitrogens is 2. The number of anilines is 2. The molecule has 0 spiro atoms. The maximum Gasteiger partial charge on any atom is 0.259 e. The Bertz CT molecular complexity index is 1170. The van der Waals surface area contributed by atoms with E-state index in [1.807, 2.05) is 12.1 Å². The average molecular weight is 474 g/mol. The van der Waals surface area contributed by atoms with E-state index in [2.05, 4.69) is 20.8 Å². The minimum atomic E-state index is -0.389. The molecule has 1 aromatic heterocycles. The summed E-state index contributed by atoms with van der Waals surface area (Å²) in [6.45, 7) is 0.354. The van der Waals surface area contributed by atoms with Crippen LogP contribution in [0.5, 0.6) is 11.5 Å². The summed E-state index contributed by atoms with van der Waals surface area (Å²) in [5.74, 6) is 0.701. The van der Waals surface area contributed by atoms with E-state index in [1.165, 1.54) is 0 Å². The van der Waals surface area contributed by atoms with Crippen LogP contribution in [0.4, 0.5) is 10.8 Å². The third-order valence-corrected chi connectivity index (χ3v) is 5.66. The van der Waals surface area contributed by atoms with Crippen LogP contribution in [0.15, 0.2) is 36.4 Å². The summed E-state index contributed by atoms with van der Waals surface area (Å²) in [4.78, 5) is 24.9. The number of amides is 2. The molecule has 0 atom stereocenters. The number of methoxy groups -OCH3 is 2. The molecular weight excluding hydrogens is 450 g/mol. The first-order chi connectivity index (χ1) is 15.4. The number of para-hydroxylation sites is 1. The second-order valence-electron chi connectivity index (χ2n) is 6.72. The van der Waals surface area contributed by atoms with Crippen molar-refractivity contribution in [3.8, 4) is 11.5 Å². The maximum atomic E-state index is 12.5. The topological polar surface area (TPSA) is 131 Å². The monoisotopic (exact) mass is 473 g/mol. The Hall–Kier alpha value is -3.44. The number of nitrogens with zero attached hydrogens (tertiary/aromatic N) is 1. The number of carbonyl (C=O) groups is 2. The summed E-state index contributed by atoms with van der Waals surface area (Å²) in [5, 5.41) is 12.4. The SMILES string of the molecule is COc1ccc(CNC(=O)CCc2cccc(C(=O)Nc3n[nH]c(=S)s3)c2N)cc1OC. The number of aryl methyl sites for hydroxylation is 1. The highest BCUT2D eigenvalue weighted by atomic mass is 32.1. The average Bonchev–Trinajstić information content (AvgIpc) is 3.20. The number of aromatic amines is 1. The summed E-state index contributed by atoms with van der Waals surface area (Å²) in [7, 11) is 3.13. The number of carbonyl (C=O) groups excluding carboxylic acids is 2. The molecule has 0 unspecified atom stereocenters. The Morgan fingerprint density at radius 3 is 2.66 bits per heavy atom. The van der Waals surface area contributed by atoms with E-state index in [-0.39, 0.29) is 18.2 Å². The molecule has 0 saturated heterocycles. The van der Waals surface area contributed by atoms with Gasteiger partial charge in [-0.1, -0.05) is 29.5 Å². The third kappa shape index (κ3) is 5.83. The maximum absolute atomic E-state index is 12.5. The van der Waals surface area contributed by atoms with Crippen molar-refractivity contribution in [2.75, 3.05) is 25.3 Å². The summed E-state index contributed by atoms with van der Waals surface area (Å²) in [5.41, 5.74) is 8.44. The number of benzene rings is 2. The van der Waals surface area contributed by atoms with Crippen LogP contribution in [-0.4, -0.2) is 36.2 Å². The van der Waals surface area contributed by atoms with Crippen LogP contribution >= 0.6 is 23.6 Å². The van der Waals surface area contributed by atoms with Crippen molar-refractivity contribution < 1.29 is 19.1 Å². The Morgan fingerprint density at radius 2 is 1.97 bits per heavy atom. The molecule has 32 heavy (non-hydrogen) atoms. The number of nitrogens with two attached hydrogens (primary N) is 1. The molecule has 168 valence electrons. The number of hydrogen-bond donors (Lipinski definition) is 4. The van der Waals surface area contributed by atoms with Gasteiger partial charge in [0.15, 0.2) is 15.5 Å². The zero-order chi connectivity index (χ0) is 23.1. The molecule has 3 rings (SSSR count). The fraction of sp³-hybridized carbons (Fsp3) is 0.238. The summed E-state index contributed by atoms with van der Waals surface area (Å²) in [6.07, 6.45) is 0.620. The molecule has 9 nitrogen and oxygen atoms in total. The van der Waals surface area contributed by atoms with Crippen LogP contribution in [0.25, 0.3) is 0 Å². The van der Waals surface area contributed by atoms with Crippen molar-refractivity contribution in [2.45, 2.75) is 19.4 Å². The Morgan fingerprint density at radius 1 is 1.19 bits per heavy atom. The normalized spacial score (nSPS) is 10.4. The van der Waals surface area contributed by atoms with Gasteiger partial charge in [0.25, 0.3) is 5.91 Å². The van der Waals surface area contributed by atoms with E-state index in [0.29, 0.717) is 50.4 Å². The van der Waals surface area contributed by atoms with Gasteiger partial charge in [-0.15, -0.1) is 5.10 Å². The first kappa shape index (κ1) is 23.2. The minimum Gasteiger partial charge on any atom is -0.493 e. The molecule has 2 aromatic carbocycles. The number of nitrogen functional groups attached to an aromatic ring is 1. The molecule has 0 aliphatic heterocycles. The van der Waals surface area contributed by atoms with Crippen molar-refractivity contribution in [1.82, 2.24) is 15.5 Å². The van der Waals surface area contributed by atoms with Crippen LogP contribution in [-0.2, 0) is 17.8 Å². The van der Waals surface area contributed by atoms with Gasteiger partial charge in [-0.25, -0.2) is 0 Å². The van der Waals surface area contributed by atoms with E-state index < -0.39 is 0 Å². The highest BCUT2D eigenvalue weighted by Gasteiger charge is 2.15. The van der Waals surface area contributed by atoms with Gasteiger partial charge in [0.05, 0.1) is 19.8 Å². The van der Waals surface area contributed by atoms with E-state index in [9.17, 15) is 9.59 Å². The first-order valence-electron chi connectivity index (χ1n) is 9.63. The number of ether oxygens (including phenoxy) is 2. The van der Waals surface area contributed by atoms with Crippen molar-refractivity contribution in [1.29, 1.82) is 0 Å². The van der Waals surface area contributed by atoms with Crippen LogP contribution in [0.1, 0.15) is 27.9 Å². The van der Waals surface area contributed by atoms with E-state index in [1.54, 1.807) is 38.5 Å². The Labute approximate surface area is 193 Å². The second kappa shape index (κ2) is 10.7. The molecule has 0 fully saturated rings. The van der Waals surface area contributed by atoms with Gasteiger partial charge in [-0.2, -0.15) is 0 Å². The largest absolute Gasteiger partial charge is 0.493 e. The molecule has 5 N–H and O–H groups in total. The third-order valence-electron chi connectivity index (χ3n) is 4.66. The Balaban J connectivity index is 1.57. The standard InChI is InChI=1S/C21H23N5O4S2/c1-29-15-8-6-12(10-16(15)30-2)11-23-17(27)9-7-13-4-3-5-14(18(13)22)19(28)24-20-25-26-21(31)32-20/h3-6,8,10H,7,9,11,22H2,1-2H3,(H,23,27)(H,26,31)(H,24,25,28). The predicted molar refractivity (Wildman–Crippen MR) is 126 cm³/mol. The minimum absolute atomic E-state index is 0.134. The quantitative estimate of drug-likeness (QED) is 0.277. The molecule has 11 heteroatoms. The van der Waals surface area contributed by atoms with Crippen LogP contribution in [0, 0.1) is 3.95 Å². The zero-order valence-electron chi connectivity index (χ0n) is 17.6. The lowest BCUT2D eigenvalue weighted by Gasteiger charge is -2.12. The molecule has 0 aliphatic rings. The Kier molecular flexibility index (Phi) is 7.79. The van der Waals surface area contributed by atoms with Gasteiger partial charge < -0.3 is 20.5 Å². The predicted octanol–water partition coefficient (Wildman–Crippen LogP) is 3.30. The molecule has 3 aromatic rings. The second-order valence-corrected chi connectivity index (χ2v) is 8.38. The first-order valence-corrected chi connectivity index (χ1v) is 10.9. The number of hydrogen-bond acceptors (Lipinski definition) is 8. The summed E-state index contributed by atoms with van der Waals surface area (Å²) in [6, 6.07) is 10.6. The van der Waals surface area contributed by atoms with Crippen molar-refractivity contribution in [3.05, 3.63) is 57.0 Å². The van der Waals surface area contributed by atoms with Crippen LogP contribution in [0.2, 0.25) is 0 Å². The van der Waals surface area contributed by atoms with Crippen LogP contribution < -0.4 is 25.8 Å². The van der Waals surface area contributed by atoms with Gasteiger partial charge >= 0.3 is 0 Å². The molecule has 0 aliphatic carbocycles. The molecule has 0 radical (unpaired) electrons. The molecule has 2 amide bonds. The summed E-state index contributed by atoms with van der Waals surface area (Å²) >= 11 is 6.11.